The first-order valence-electron chi connectivity index (χ1n) is 8.91. The van der Waals surface area contributed by atoms with Crippen molar-refractivity contribution in [2.45, 2.75) is 25.9 Å². The molecule has 1 aliphatic heterocycles. The molecule has 142 valence electrons. The fourth-order valence-corrected chi connectivity index (χ4v) is 2.97. The van der Waals surface area contributed by atoms with Crippen LogP contribution in [-0.4, -0.2) is 30.4 Å². The third kappa shape index (κ3) is 4.18. The zero-order valence-electron chi connectivity index (χ0n) is 15.3. The number of ether oxygens (including phenoxy) is 1. The van der Waals surface area contributed by atoms with Crippen LogP contribution >= 0.6 is 0 Å². The van der Waals surface area contributed by atoms with Gasteiger partial charge >= 0.3 is 5.97 Å². The Morgan fingerprint density at radius 2 is 2.00 bits per heavy atom. The van der Waals surface area contributed by atoms with E-state index < -0.39 is 18.0 Å². The van der Waals surface area contributed by atoms with Crippen molar-refractivity contribution in [2.24, 2.45) is 0 Å². The fraction of sp³-hybridized carbons (Fsp3) is 0.238. The van der Waals surface area contributed by atoms with Crippen LogP contribution in [0.5, 0.6) is 0 Å². The maximum absolute atomic E-state index is 12.6. The maximum Gasteiger partial charge on any atom is 0.341 e. The molecule has 1 heterocycles. The van der Waals surface area contributed by atoms with Crippen molar-refractivity contribution in [3.63, 3.8) is 0 Å². The summed E-state index contributed by atoms with van der Waals surface area (Å²) < 4.78 is 5.31. The Kier molecular flexibility index (Phi) is 5.70. The van der Waals surface area contributed by atoms with Crippen LogP contribution < -0.4 is 10.2 Å². The van der Waals surface area contributed by atoms with Crippen molar-refractivity contribution >= 4 is 29.2 Å². The number of hydrogen-bond donors (Lipinski definition) is 1. The second-order valence-electron chi connectivity index (χ2n) is 6.40. The monoisotopic (exact) mass is 377 g/mol. The normalized spacial score (nSPS) is 14.3. The molecule has 3 rings (SSSR count). The topological polar surface area (TPSA) is 99.5 Å². The van der Waals surface area contributed by atoms with Crippen molar-refractivity contribution in [1.82, 2.24) is 0 Å². The van der Waals surface area contributed by atoms with E-state index in [1.807, 2.05) is 6.07 Å². The molecule has 7 heteroatoms. The Bertz CT molecular complexity index is 964. The number of benzene rings is 2. The molecule has 2 aromatic carbocycles. The van der Waals surface area contributed by atoms with Crippen molar-refractivity contribution in [2.75, 3.05) is 16.8 Å². The largest absolute Gasteiger partial charge is 0.449 e. The molecule has 2 aromatic rings. The SMILES string of the molecule is C[C@@H](OC(=O)c1ccccc1N1CCCC1=O)C(=O)Nc1cccc(C#N)c1. The number of esters is 1. The Morgan fingerprint density at radius 1 is 1.21 bits per heavy atom. The summed E-state index contributed by atoms with van der Waals surface area (Å²) in [7, 11) is 0. The van der Waals surface area contributed by atoms with Gasteiger partial charge in [-0.25, -0.2) is 4.79 Å². The van der Waals surface area contributed by atoms with Gasteiger partial charge in [0, 0.05) is 18.7 Å². The summed E-state index contributed by atoms with van der Waals surface area (Å²) in [5.41, 5.74) is 1.58. The first-order chi connectivity index (χ1) is 13.5. The molecule has 1 fully saturated rings. The number of carbonyl (C=O) groups excluding carboxylic acids is 3. The highest BCUT2D eigenvalue weighted by Crippen LogP contribution is 2.26. The molecule has 0 saturated carbocycles. The number of hydrogen-bond acceptors (Lipinski definition) is 5. The minimum absolute atomic E-state index is 0.0385. The number of nitrogens with zero attached hydrogens (tertiary/aromatic N) is 2. The molecule has 0 unspecified atom stereocenters. The van der Waals surface area contributed by atoms with Crippen LogP contribution in [0.3, 0.4) is 0 Å². The Morgan fingerprint density at radius 3 is 2.71 bits per heavy atom. The summed E-state index contributed by atoms with van der Waals surface area (Å²) in [6, 6.07) is 15.1. The van der Waals surface area contributed by atoms with E-state index in [0.29, 0.717) is 29.9 Å². The van der Waals surface area contributed by atoms with Crippen LogP contribution in [0.15, 0.2) is 48.5 Å². The van der Waals surface area contributed by atoms with E-state index in [-0.39, 0.29) is 11.5 Å². The molecule has 0 aromatic heterocycles. The van der Waals surface area contributed by atoms with Crippen LogP contribution in [0.25, 0.3) is 0 Å². The Hall–Kier alpha value is -3.66. The van der Waals surface area contributed by atoms with E-state index in [1.165, 1.54) is 13.0 Å². The molecule has 0 spiro atoms. The minimum Gasteiger partial charge on any atom is -0.449 e. The second kappa shape index (κ2) is 8.35. The lowest BCUT2D eigenvalue weighted by molar-refractivity contribution is -0.123. The summed E-state index contributed by atoms with van der Waals surface area (Å²) in [5, 5.41) is 11.5. The number of para-hydroxylation sites is 1. The summed E-state index contributed by atoms with van der Waals surface area (Å²) in [5.74, 6) is -1.23. The average Bonchev–Trinajstić information content (AvgIpc) is 3.13. The van der Waals surface area contributed by atoms with Crippen LogP contribution in [0.4, 0.5) is 11.4 Å². The summed E-state index contributed by atoms with van der Waals surface area (Å²) in [6.07, 6.45) is 0.132. The Labute approximate surface area is 162 Å². The molecule has 1 saturated heterocycles. The van der Waals surface area contributed by atoms with E-state index in [0.717, 1.165) is 6.42 Å². The molecular weight excluding hydrogens is 358 g/mol. The zero-order chi connectivity index (χ0) is 20.1. The lowest BCUT2D eigenvalue weighted by Crippen LogP contribution is -2.31. The molecule has 0 bridgehead atoms. The van der Waals surface area contributed by atoms with Gasteiger partial charge in [-0.05, 0) is 43.7 Å². The second-order valence-corrected chi connectivity index (χ2v) is 6.40. The third-order valence-corrected chi connectivity index (χ3v) is 4.40. The quantitative estimate of drug-likeness (QED) is 0.808. The van der Waals surface area contributed by atoms with Gasteiger partial charge < -0.3 is 15.0 Å². The molecule has 2 amide bonds. The molecule has 1 N–H and O–H groups in total. The van der Waals surface area contributed by atoms with E-state index in [9.17, 15) is 14.4 Å². The summed E-state index contributed by atoms with van der Waals surface area (Å²) >= 11 is 0. The van der Waals surface area contributed by atoms with Crippen molar-refractivity contribution in [3.8, 4) is 6.07 Å². The van der Waals surface area contributed by atoms with Gasteiger partial charge in [0.25, 0.3) is 5.91 Å². The van der Waals surface area contributed by atoms with Gasteiger partial charge in [-0.1, -0.05) is 18.2 Å². The molecule has 28 heavy (non-hydrogen) atoms. The average molecular weight is 377 g/mol. The predicted octanol–water partition coefficient (Wildman–Crippen LogP) is 2.87. The minimum atomic E-state index is -1.06. The van der Waals surface area contributed by atoms with Crippen LogP contribution in [0, 0.1) is 11.3 Å². The van der Waals surface area contributed by atoms with Crippen molar-refractivity contribution < 1.29 is 19.1 Å². The van der Waals surface area contributed by atoms with Crippen LogP contribution in [0.1, 0.15) is 35.7 Å². The highest BCUT2D eigenvalue weighted by Gasteiger charge is 2.27. The van der Waals surface area contributed by atoms with Crippen LogP contribution in [-0.2, 0) is 14.3 Å². The molecular formula is C21H19N3O4. The van der Waals surface area contributed by atoms with Gasteiger partial charge in [0.05, 0.1) is 22.9 Å². The van der Waals surface area contributed by atoms with Gasteiger partial charge in [-0.15, -0.1) is 0 Å². The van der Waals surface area contributed by atoms with Crippen molar-refractivity contribution in [3.05, 3.63) is 59.7 Å². The van der Waals surface area contributed by atoms with Gasteiger partial charge in [0.15, 0.2) is 6.10 Å². The number of rotatable bonds is 5. The van der Waals surface area contributed by atoms with Gasteiger partial charge in [-0.2, -0.15) is 5.26 Å². The third-order valence-electron chi connectivity index (χ3n) is 4.40. The smallest absolute Gasteiger partial charge is 0.341 e. The highest BCUT2D eigenvalue weighted by molar-refractivity contribution is 6.04. The number of nitriles is 1. The summed E-state index contributed by atoms with van der Waals surface area (Å²) in [4.78, 5) is 38.5. The highest BCUT2D eigenvalue weighted by atomic mass is 16.5. The van der Waals surface area contributed by atoms with Crippen molar-refractivity contribution in [1.29, 1.82) is 5.26 Å². The van der Waals surface area contributed by atoms with Gasteiger partial charge in [0.2, 0.25) is 5.91 Å². The van der Waals surface area contributed by atoms with E-state index in [4.69, 9.17) is 10.00 Å². The first kappa shape index (κ1) is 19.1. The van der Waals surface area contributed by atoms with E-state index >= 15 is 0 Å². The molecule has 1 atom stereocenters. The predicted molar refractivity (Wildman–Crippen MR) is 103 cm³/mol. The van der Waals surface area contributed by atoms with Crippen LogP contribution in [0.2, 0.25) is 0 Å². The fourth-order valence-electron chi connectivity index (χ4n) is 2.97. The molecule has 7 nitrogen and oxygen atoms in total. The number of amides is 2. The van der Waals surface area contributed by atoms with E-state index in [1.54, 1.807) is 47.4 Å². The number of carbonyl (C=O) groups is 3. The van der Waals surface area contributed by atoms with Gasteiger partial charge in [-0.3, -0.25) is 9.59 Å². The maximum atomic E-state index is 12.6. The number of anilines is 2. The standard InChI is InChI=1S/C21H19N3O4/c1-14(20(26)23-16-7-4-6-15(12-16)13-22)28-21(27)17-8-2-3-9-18(17)24-11-5-10-19(24)25/h2-4,6-9,12,14H,5,10-11H2,1H3,(H,23,26)/t14-/m1/s1. The first-order valence-corrected chi connectivity index (χ1v) is 8.91. The molecule has 0 aliphatic carbocycles. The van der Waals surface area contributed by atoms with E-state index in [2.05, 4.69) is 5.32 Å². The lowest BCUT2D eigenvalue weighted by atomic mass is 10.1. The van der Waals surface area contributed by atoms with Gasteiger partial charge in [0.1, 0.15) is 0 Å². The lowest BCUT2D eigenvalue weighted by Gasteiger charge is -2.20. The molecule has 0 radical (unpaired) electrons. The number of nitrogens with one attached hydrogen (secondary N) is 1. The molecule has 1 aliphatic rings. The Balaban J connectivity index is 1.70. The zero-order valence-corrected chi connectivity index (χ0v) is 15.3. The summed E-state index contributed by atoms with van der Waals surface area (Å²) in [6.45, 7) is 2.01.